The van der Waals surface area contributed by atoms with Crippen molar-refractivity contribution in [2.75, 3.05) is 34.4 Å². The summed E-state index contributed by atoms with van der Waals surface area (Å²) < 4.78 is 16.9. The maximum atomic E-state index is 5.96. The summed E-state index contributed by atoms with van der Waals surface area (Å²) in [7, 11) is 5.35. The Balaban J connectivity index is 0.00000225. The number of thiophene rings is 1. The van der Waals surface area contributed by atoms with E-state index in [1.54, 1.807) is 14.2 Å². The molecule has 0 radical (unpaired) electrons. The Hall–Kier alpha value is -1.43. The highest BCUT2D eigenvalue weighted by Gasteiger charge is 2.32. The number of fused-ring (bicyclic) bond motifs is 1. The highest BCUT2D eigenvalue weighted by Crippen LogP contribution is 2.48. The lowest BCUT2D eigenvalue weighted by atomic mass is 9.79. The van der Waals surface area contributed by atoms with Crippen LogP contribution in [0, 0.1) is 5.92 Å². The predicted octanol–water partition coefficient (Wildman–Crippen LogP) is 4.13. The molecule has 1 N–H and O–H groups in total. The second-order valence-electron chi connectivity index (χ2n) is 6.06. The number of rotatable bonds is 7. The monoisotopic (exact) mass is 383 g/mol. The van der Waals surface area contributed by atoms with Gasteiger partial charge in [0.15, 0.2) is 11.5 Å². The van der Waals surface area contributed by atoms with Gasteiger partial charge in [0.05, 0.1) is 20.8 Å². The van der Waals surface area contributed by atoms with Gasteiger partial charge in [-0.25, -0.2) is 0 Å². The molecule has 1 aromatic heterocycles. The van der Waals surface area contributed by atoms with Crippen LogP contribution in [0.1, 0.15) is 22.8 Å². The molecule has 0 saturated heterocycles. The summed E-state index contributed by atoms with van der Waals surface area (Å²) in [4.78, 5) is 1.43. The highest BCUT2D eigenvalue weighted by molar-refractivity contribution is 7.09. The second-order valence-corrected chi connectivity index (χ2v) is 7.10. The molecular weight excluding hydrogens is 358 g/mol. The lowest BCUT2D eigenvalue weighted by molar-refractivity contribution is 0.221. The minimum Gasteiger partial charge on any atom is -0.493 e. The standard InChI is InChI=1S/C19H25NO3S.ClH/c1-20-12-13(11-14-5-4-10-24-14)15-8-9-23-18-16(15)6-7-17(21-2)19(18)22-3;/h4-7,10,13,15,20H,8-9,11-12H2,1-3H3;1H. The first-order valence-corrected chi connectivity index (χ1v) is 9.21. The fourth-order valence-corrected chi connectivity index (χ4v) is 4.39. The quantitative estimate of drug-likeness (QED) is 0.780. The van der Waals surface area contributed by atoms with Gasteiger partial charge >= 0.3 is 0 Å². The van der Waals surface area contributed by atoms with Crippen molar-refractivity contribution < 1.29 is 14.2 Å². The zero-order chi connectivity index (χ0) is 16.9. The Morgan fingerprint density at radius 2 is 2.12 bits per heavy atom. The number of ether oxygens (including phenoxy) is 3. The molecule has 2 atom stereocenters. The summed E-state index contributed by atoms with van der Waals surface area (Å²) in [6.07, 6.45) is 2.11. The van der Waals surface area contributed by atoms with Crippen LogP contribution in [0.3, 0.4) is 0 Å². The molecule has 1 aromatic carbocycles. The third-order valence-corrected chi connectivity index (χ3v) is 5.58. The number of benzene rings is 1. The second kappa shape index (κ2) is 9.32. The molecule has 1 aliphatic heterocycles. The molecule has 138 valence electrons. The van der Waals surface area contributed by atoms with Crippen molar-refractivity contribution in [1.29, 1.82) is 0 Å². The largest absolute Gasteiger partial charge is 0.493 e. The molecule has 0 amide bonds. The lowest BCUT2D eigenvalue weighted by Gasteiger charge is -2.33. The lowest BCUT2D eigenvalue weighted by Crippen LogP contribution is -2.30. The fraction of sp³-hybridized carbons (Fsp3) is 0.474. The molecule has 6 heteroatoms. The number of hydrogen-bond acceptors (Lipinski definition) is 5. The topological polar surface area (TPSA) is 39.7 Å². The van der Waals surface area contributed by atoms with Gasteiger partial charge in [-0.2, -0.15) is 0 Å². The van der Waals surface area contributed by atoms with Crippen LogP contribution in [0.25, 0.3) is 0 Å². The van der Waals surface area contributed by atoms with Crippen molar-refractivity contribution in [3.8, 4) is 17.2 Å². The molecular formula is C19H26ClNO3S. The first kappa shape index (κ1) is 19.9. The molecule has 0 aliphatic carbocycles. The van der Waals surface area contributed by atoms with Gasteiger partial charge in [-0.15, -0.1) is 23.7 Å². The van der Waals surface area contributed by atoms with Crippen LogP contribution in [0.5, 0.6) is 17.2 Å². The summed E-state index contributed by atoms with van der Waals surface area (Å²) in [5, 5.41) is 5.52. The van der Waals surface area contributed by atoms with Crippen molar-refractivity contribution in [2.45, 2.75) is 18.8 Å². The van der Waals surface area contributed by atoms with E-state index in [4.69, 9.17) is 14.2 Å². The van der Waals surface area contributed by atoms with Crippen molar-refractivity contribution in [2.24, 2.45) is 5.92 Å². The molecule has 2 heterocycles. The van der Waals surface area contributed by atoms with E-state index >= 15 is 0 Å². The minimum atomic E-state index is 0. The van der Waals surface area contributed by atoms with Crippen LogP contribution in [0.15, 0.2) is 29.6 Å². The van der Waals surface area contributed by atoms with E-state index in [2.05, 4.69) is 28.9 Å². The molecule has 0 fully saturated rings. The smallest absolute Gasteiger partial charge is 0.203 e. The SMILES string of the molecule is CNCC(Cc1cccs1)C1CCOc2c1ccc(OC)c2OC.Cl. The summed E-state index contributed by atoms with van der Waals surface area (Å²) in [6.45, 7) is 1.70. The Kier molecular flexibility index (Phi) is 7.41. The van der Waals surface area contributed by atoms with Gasteiger partial charge in [-0.05, 0) is 55.8 Å². The molecule has 0 saturated carbocycles. The van der Waals surface area contributed by atoms with Gasteiger partial charge in [0, 0.05) is 10.4 Å². The van der Waals surface area contributed by atoms with Gasteiger partial charge in [0.25, 0.3) is 0 Å². The molecule has 0 bridgehead atoms. The van der Waals surface area contributed by atoms with Crippen molar-refractivity contribution in [3.05, 3.63) is 40.1 Å². The zero-order valence-corrected chi connectivity index (χ0v) is 16.5. The first-order chi connectivity index (χ1) is 11.8. The normalized spacial score (nSPS) is 17.0. The predicted molar refractivity (Wildman–Crippen MR) is 105 cm³/mol. The summed E-state index contributed by atoms with van der Waals surface area (Å²) in [5.41, 5.74) is 1.23. The van der Waals surface area contributed by atoms with E-state index in [1.807, 2.05) is 24.5 Å². The van der Waals surface area contributed by atoms with Crippen LogP contribution in [0.4, 0.5) is 0 Å². The van der Waals surface area contributed by atoms with E-state index in [-0.39, 0.29) is 12.4 Å². The summed E-state index contributed by atoms with van der Waals surface area (Å²) in [5.74, 6) is 3.25. The van der Waals surface area contributed by atoms with Crippen molar-refractivity contribution >= 4 is 23.7 Å². The van der Waals surface area contributed by atoms with E-state index in [9.17, 15) is 0 Å². The average Bonchev–Trinajstić information content (AvgIpc) is 3.12. The van der Waals surface area contributed by atoms with E-state index in [0.717, 1.165) is 30.9 Å². The fourth-order valence-electron chi connectivity index (χ4n) is 3.59. The molecule has 2 aromatic rings. The molecule has 0 spiro atoms. The third kappa shape index (κ3) is 4.22. The van der Waals surface area contributed by atoms with Gasteiger partial charge in [-0.3, -0.25) is 0 Å². The van der Waals surface area contributed by atoms with Crippen LogP contribution in [-0.2, 0) is 6.42 Å². The van der Waals surface area contributed by atoms with Crippen LogP contribution in [-0.4, -0.2) is 34.4 Å². The summed E-state index contributed by atoms with van der Waals surface area (Å²) >= 11 is 1.83. The van der Waals surface area contributed by atoms with Crippen molar-refractivity contribution in [1.82, 2.24) is 5.32 Å². The van der Waals surface area contributed by atoms with Gasteiger partial charge in [0.2, 0.25) is 5.75 Å². The molecule has 1 aliphatic rings. The van der Waals surface area contributed by atoms with Crippen molar-refractivity contribution in [3.63, 3.8) is 0 Å². The molecule has 2 unspecified atom stereocenters. The maximum Gasteiger partial charge on any atom is 0.203 e. The third-order valence-electron chi connectivity index (χ3n) is 4.68. The summed E-state index contributed by atoms with van der Waals surface area (Å²) in [6, 6.07) is 8.48. The highest BCUT2D eigenvalue weighted by atomic mass is 35.5. The Bertz CT molecular complexity index is 663. The Morgan fingerprint density at radius 3 is 2.76 bits per heavy atom. The molecule has 3 rings (SSSR count). The van der Waals surface area contributed by atoms with Gasteiger partial charge < -0.3 is 19.5 Å². The van der Waals surface area contributed by atoms with Crippen LogP contribution >= 0.6 is 23.7 Å². The first-order valence-electron chi connectivity index (χ1n) is 8.33. The molecule has 25 heavy (non-hydrogen) atoms. The Morgan fingerprint density at radius 1 is 1.28 bits per heavy atom. The van der Waals surface area contributed by atoms with E-state index in [0.29, 0.717) is 24.2 Å². The minimum absolute atomic E-state index is 0. The molecule has 4 nitrogen and oxygen atoms in total. The number of hydrogen-bond donors (Lipinski definition) is 1. The Labute approximate surface area is 159 Å². The average molecular weight is 384 g/mol. The van der Waals surface area contributed by atoms with Gasteiger partial charge in [0.1, 0.15) is 0 Å². The van der Waals surface area contributed by atoms with E-state index in [1.165, 1.54) is 10.4 Å². The number of halogens is 1. The zero-order valence-electron chi connectivity index (χ0n) is 14.9. The van der Waals surface area contributed by atoms with Gasteiger partial charge in [-0.1, -0.05) is 12.1 Å². The maximum absolute atomic E-state index is 5.96. The number of methoxy groups -OCH3 is 2. The van der Waals surface area contributed by atoms with Crippen LogP contribution < -0.4 is 19.5 Å². The van der Waals surface area contributed by atoms with Crippen LogP contribution in [0.2, 0.25) is 0 Å². The number of nitrogens with one attached hydrogen (secondary N) is 1. The van der Waals surface area contributed by atoms with E-state index < -0.39 is 0 Å².